The van der Waals surface area contributed by atoms with Crippen molar-refractivity contribution < 1.29 is 18.2 Å². The lowest BCUT2D eigenvalue weighted by atomic mass is 10.1. The van der Waals surface area contributed by atoms with Crippen LogP contribution in [0.15, 0.2) is 23.1 Å². The van der Waals surface area contributed by atoms with Gasteiger partial charge in [-0.15, -0.1) is 0 Å². The van der Waals surface area contributed by atoms with E-state index in [-0.39, 0.29) is 16.6 Å². The number of benzene rings is 1. The first-order chi connectivity index (χ1) is 10.8. The molecule has 2 unspecified atom stereocenters. The van der Waals surface area contributed by atoms with E-state index >= 15 is 0 Å². The first-order valence-corrected chi connectivity index (χ1v) is 8.77. The Morgan fingerprint density at radius 2 is 2.09 bits per heavy atom. The van der Waals surface area contributed by atoms with Crippen molar-refractivity contribution in [3.8, 4) is 0 Å². The standard InChI is InChI=1S/C14H21N3O5S/c1-10-4-5-11(8-10)15-13-7-6-12(17(18)19)9-14(13)23(20,21)16(2)22-3/h6-7,9-11,15H,4-5,8H2,1-3H3. The first-order valence-electron chi connectivity index (χ1n) is 7.33. The number of nitro benzene ring substituents is 1. The van der Waals surface area contributed by atoms with Gasteiger partial charge in [0.15, 0.2) is 0 Å². The van der Waals surface area contributed by atoms with Gasteiger partial charge in [-0.05, 0) is 31.2 Å². The molecule has 1 aliphatic rings. The molecule has 2 rings (SSSR count). The molecule has 9 heteroatoms. The number of hydrogen-bond acceptors (Lipinski definition) is 6. The van der Waals surface area contributed by atoms with Crippen molar-refractivity contribution in [2.45, 2.75) is 37.1 Å². The summed E-state index contributed by atoms with van der Waals surface area (Å²) < 4.78 is 25.8. The van der Waals surface area contributed by atoms with Crippen molar-refractivity contribution >= 4 is 21.4 Å². The lowest BCUT2D eigenvalue weighted by molar-refractivity contribution is -0.385. The van der Waals surface area contributed by atoms with Crippen molar-refractivity contribution in [1.82, 2.24) is 4.47 Å². The fraction of sp³-hybridized carbons (Fsp3) is 0.571. The van der Waals surface area contributed by atoms with E-state index in [1.54, 1.807) is 0 Å². The number of anilines is 1. The largest absolute Gasteiger partial charge is 0.381 e. The Morgan fingerprint density at radius 3 is 2.61 bits per heavy atom. The fourth-order valence-electron chi connectivity index (χ4n) is 2.75. The SMILES string of the molecule is CON(C)S(=O)(=O)c1cc([N+](=O)[O-])ccc1NC1CCC(C)C1. The van der Waals surface area contributed by atoms with Crippen LogP contribution in [-0.4, -0.2) is 38.0 Å². The van der Waals surface area contributed by atoms with Crippen LogP contribution in [0.4, 0.5) is 11.4 Å². The van der Waals surface area contributed by atoms with Gasteiger partial charge in [0.05, 0.1) is 17.7 Å². The third kappa shape index (κ3) is 3.80. The summed E-state index contributed by atoms with van der Waals surface area (Å²) in [4.78, 5) is 14.9. The third-order valence-electron chi connectivity index (χ3n) is 4.10. The summed E-state index contributed by atoms with van der Waals surface area (Å²) in [5.41, 5.74) is 0.0806. The van der Waals surface area contributed by atoms with Crippen LogP contribution in [-0.2, 0) is 14.9 Å². The van der Waals surface area contributed by atoms with Gasteiger partial charge < -0.3 is 5.32 Å². The molecule has 0 radical (unpaired) electrons. The van der Waals surface area contributed by atoms with E-state index in [1.807, 2.05) is 0 Å². The summed E-state index contributed by atoms with van der Waals surface area (Å²) in [7, 11) is -1.52. The zero-order chi connectivity index (χ0) is 17.2. The predicted octanol–water partition coefficient (Wildman–Crippen LogP) is 2.38. The zero-order valence-electron chi connectivity index (χ0n) is 13.4. The van der Waals surface area contributed by atoms with Gasteiger partial charge >= 0.3 is 0 Å². The Bertz CT molecular complexity index is 692. The van der Waals surface area contributed by atoms with Gasteiger partial charge in [0, 0.05) is 25.2 Å². The summed E-state index contributed by atoms with van der Waals surface area (Å²) in [6.07, 6.45) is 2.96. The highest BCUT2D eigenvalue weighted by molar-refractivity contribution is 7.89. The highest BCUT2D eigenvalue weighted by Gasteiger charge is 2.29. The molecule has 2 atom stereocenters. The summed E-state index contributed by atoms with van der Waals surface area (Å²) in [6, 6.07) is 3.96. The molecular formula is C14H21N3O5S. The predicted molar refractivity (Wildman–Crippen MR) is 85.5 cm³/mol. The maximum Gasteiger partial charge on any atom is 0.270 e. The zero-order valence-corrected chi connectivity index (χ0v) is 14.2. The minimum absolute atomic E-state index is 0.157. The number of nitrogens with one attached hydrogen (secondary N) is 1. The Hall–Kier alpha value is -1.71. The average molecular weight is 343 g/mol. The molecule has 1 aliphatic carbocycles. The van der Waals surface area contributed by atoms with Crippen molar-refractivity contribution in [3.63, 3.8) is 0 Å². The quantitative estimate of drug-likeness (QED) is 0.628. The summed E-state index contributed by atoms with van der Waals surface area (Å²) in [5, 5.41) is 14.2. The van der Waals surface area contributed by atoms with Crippen LogP contribution in [0.3, 0.4) is 0 Å². The molecule has 0 spiro atoms. The second-order valence-corrected chi connectivity index (χ2v) is 7.70. The van der Waals surface area contributed by atoms with Gasteiger partial charge in [-0.2, -0.15) is 0 Å². The number of hydrogen-bond donors (Lipinski definition) is 1. The second-order valence-electron chi connectivity index (χ2n) is 5.79. The van der Waals surface area contributed by atoms with Crippen LogP contribution in [0.2, 0.25) is 0 Å². The highest BCUT2D eigenvalue weighted by Crippen LogP contribution is 2.33. The molecule has 1 aromatic carbocycles. The van der Waals surface area contributed by atoms with Crippen molar-refractivity contribution in [2.75, 3.05) is 19.5 Å². The van der Waals surface area contributed by atoms with Crippen LogP contribution in [0.5, 0.6) is 0 Å². The molecule has 0 aliphatic heterocycles. The van der Waals surface area contributed by atoms with Crippen molar-refractivity contribution in [3.05, 3.63) is 28.3 Å². The smallest absolute Gasteiger partial charge is 0.270 e. The highest BCUT2D eigenvalue weighted by atomic mass is 32.2. The van der Waals surface area contributed by atoms with E-state index in [0.717, 1.165) is 25.3 Å². The van der Waals surface area contributed by atoms with E-state index in [2.05, 4.69) is 12.2 Å². The van der Waals surface area contributed by atoms with Crippen LogP contribution in [0.1, 0.15) is 26.2 Å². The molecule has 0 aromatic heterocycles. The Morgan fingerprint density at radius 1 is 1.39 bits per heavy atom. The van der Waals surface area contributed by atoms with E-state index in [4.69, 9.17) is 4.84 Å². The maximum absolute atomic E-state index is 12.5. The number of nitrogens with zero attached hydrogens (tertiary/aromatic N) is 2. The first kappa shape index (κ1) is 17.6. The molecule has 128 valence electrons. The number of sulfonamides is 1. The topological polar surface area (TPSA) is 102 Å². The summed E-state index contributed by atoms with van der Waals surface area (Å²) in [5.74, 6) is 0.576. The van der Waals surface area contributed by atoms with Crippen LogP contribution in [0.25, 0.3) is 0 Å². The Labute approximate surface area is 135 Å². The van der Waals surface area contributed by atoms with Gasteiger partial charge in [0.1, 0.15) is 4.90 Å². The van der Waals surface area contributed by atoms with E-state index in [9.17, 15) is 18.5 Å². The molecule has 0 bridgehead atoms. The normalized spacial score (nSPS) is 21.6. The van der Waals surface area contributed by atoms with Gasteiger partial charge in [0.25, 0.3) is 15.7 Å². The van der Waals surface area contributed by atoms with E-state index < -0.39 is 14.9 Å². The maximum atomic E-state index is 12.5. The molecule has 8 nitrogen and oxygen atoms in total. The monoisotopic (exact) mass is 343 g/mol. The van der Waals surface area contributed by atoms with Gasteiger partial charge in [0.2, 0.25) is 0 Å². The van der Waals surface area contributed by atoms with E-state index in [0.29, 0.717) is 16.1 Å². The van der Waals surface area contributed by atoms with Crippen LogP contribution >= 0.6 is 0 Å². The van der Waals surface area contributed by atoms with Gasteiger partial charge in [-0.1, -0.05) is 11.4 Å². The summed E-state index contributed by atoms with van der Waals surface area (Å²) in [6.45, 7) is 2.15. The molecule has 1 N–H and O–H groups in total. The van der Waals surface area contributed by atoms with E-state index in [1.165, 1.54) is 26.3 Å². The van der Waals surface area contributed by atoms with Gasteiger partial charge in [-0.25, -0.2) is 8.42 Å². The van der Waals surface area contributed by atoms with Crippen LogP contribution in [0, 0.1) is 16.0 Å². The van der Waals surface area contributed by atoms with Crippen molar-refractivity contribution in [1.29, 1.82) is 0 Å². The Kier molecular flexibility index (Phi) is 5.23. The molecule has 1 saturated carbocycles. The minimum atomic E-state index is -3.99. The fourth-order valence-corrected chi connectivity index (χ4v) is 3.90. The Balaban J connectivity index is 2.43. The number of rotatable bonds is 6. The van der Waals surface area contributed by atoms with Crippen LogP contribution < -0.4 is 5.32 Å². The van der Waals surface area contributed by atoms with Gasteiger partial charge in [-0.3, -0.25) is 15.0 Å². The lowest BCUT2D eigenvalue weighted by Crippen LogP contribution is -2.27. The molecule has 0 amide bonds. The number of hydroxylamine groups is 1. The van der Waals surface area contributed by atoms with Crippen molar-refractivity contribution in [2.24, 2.45) is 5.92 Å². The summed E-state index contributed by atoms with van der Waals surface area (Å²) >= 11 is 0. The number of nitro groups is 1. The number of non-ortho nitro benzene ring substituents is 1. The molecule has 1 fully saturated rings. The molecule has 0 saturated heterocycles. The molecule has 23 heavy (non-hydrogen) atoms. The molecule has 1 aromatic rings. The third-order valence-corrected chi connectivity index (χ3v) is 5.82. The average Bonchev–Trinajstić information content (AvgIpc) is 2.91. The molecular weight excluding hydrogens is 322 g/mol. The second kappa shape index (κ2) is 6.81. The lowest BCUT2D eigenvalue weighted by Gasteiger charge is -2.20. The molecule has 0 heterocycles. The minimum Gasteiger partial charge on any atom is -0.381 e.